The lowest BCUT2D eigenvalue weighted by atomic mass is 9.52. The van der Waals surface area contributed by atoms with Crippen molar-refractivity contribution in [2.75, 3.05) is 11.5 Å². The summed E-state index contributed by atoms with van der Waals surface area (Å²) in [6.07, 6.45) is 7.01. The van der Waals surface area contributed by atoms with Gasteiger partial charge in [0.15, 0.2) is 6.61 Å². The maximum Gasteiger partial charge on any atom is 0.310 e. The number of rotatable bonds is 3. The molecule has 4 fully saturated rings. The number of benzene rings is 1. The average molecular weight is 353 g/mol. The second-order valence-corrected chi connectivity index (χ2v) is 9.01. The summed E-state index contributed by atoms with van der Waals surface area (Å²) in [5.74, 6) is 2.50. The molecule has 1 heterocycles. The Morgan fingerprint density at radius 3 is 2.38 bits per heavy atom. The largest absolute Gasteiger partial charge is 0.455 e. The Kier molecular flexibility index (Phi) is 3.84. The van der Waals surface area contributed by atoms with Crippen LogP contribution >= 0.6 is 0 Å². The number of hydrogen-bond donors (Lipinski definition) is 0. The molecule has 0 radical (unpaired) electrons. The van der Waals surface area contributed by atoms with Crippen molar-refractivity contribution in [3.63, 3.8) is 0 Å². The van der Waals surface area contributed by atoms with Crippen molar-refractivity contribution in [3.05, 3.63) is 29.8 Å². The van der Waals surface area contributed by atoms with E-state index in [9.17, 15) is 9.59 Å². The van der Waals surface area contributed by atoms with Crippen LogP contribution in [0.5, 0.6) is 0 Å². The number of carbonyl (C=O) groups excluding carboxylic acids is 2. The van der Waals surface area contributed by atoms with E-state index in [2.05, 4.69) is 13.0 Å². The van der Waals surface area contributed by atoms with Crippen LogP contribution in [-0.2, 0) is 20.7 Å². The molecule has 0 aromatic heterocycles. The lowest BCUT2D eigenvalue weighted by molar-refractivity contribution is -0.164. The van der Waals surface area contributed by atoms with Gasteiger partial charge >= 0.3 is 5.97 Å². The molecule has 0 spiro atoms. The first-order valence-corrected chi connectivity index (χ1v) is 10.2. The highest BCUT2D eigenvalue weighted by atomic mass is 16.5. The van der Waals surface area contributed by atoms with Crippen molar-refractivity contribution in [1.82, 2.24) is 0 Å². The van der Waals surface area contributed by atoms with Gasteiger partial charge in [-0.2, -0.15) is 0 Å². The molecule has 6 rings (SSSR count). The molecule has 5 aliphatic rings. The monoisotopic (exact) mass is 353 g/mol. The van der Waals surface area contributed by atoms with Crippen LogP contribution in [0.2, 0.25) is 0 Å². The third kappa shape index (κ3) is 2.57. The van der Waals surface area contributed by atoms with Crippen molar-refractivity contribution >= 4 is 17.6 Å². The summed E-state index contributed by atoms with van der Waals surface area (Å²) in [5.41, 5.74) is 2.16. The van der Waals surface area contributed by atoms with E-state index in [-0.39, 0.29) is 30.4 Å². The van der Waals surface area contributed by atoms with E-state index in [1.54, 1.807) is 4.90 Å². The maximum atomic E-state index is 12.8. The molecule has 26 heavy (non-hydrogen) atoms. The second kappa shape index (κ2) is 6.11. The zero-order valence-electron chi connectivity index (χ0n) is 15.4. The van der Waals surface area contributed by atoms with Gasteiger partial charge in [0.05, 0.1) is 5.92 Å². The van der Waals surface area contributed by atoms with Gasteiger partial charge in [0.25, 0.3) is 5.91 Å². The summed E-state index contributed by atoms with van der Waals surface area (Å²) in [7, 11) is 0. The van der Waals surface area contributed by atoms with Gasteiger partial charge in [0.2, 0.25) is 0 Å². The molecule has 1 aromatic carbocycles. The van der Waals surface area contributed by atoms with E-state index < -0.39 is 0 Å². The third-order valence-electron chi connectivity index (χ3n) is 7.31. The van der Waals surface area contributed by atoms with Gasteiger partial charge in [0, 0.05) is 11.7 Å². The van der Waals surface area contributed by atoms with Crippen molar-refractivity contribution in [3.8, 4) is 0 Å². The molecule has 4 heteroatoms. The van der Waals surface area contributed by atoms with Crippen LogP contribution in [0, 0.1) is 29.6 Å². The molecular formula is C22H27NO3. The Hall–Kier alpha value is -1.84. The van der Waals surface area contributed by atoms with Crippen molar-refractivity contribution in [1.29, 1.82) is 0 Å². The zero-order valence-corrected chi connectivity index (χ0v) is 15.4. The standard InChI is InChI=1S/C22H27NO3/c1-13-6-16-4-2-3-5-19(16)23(13)20(24)12-26-22(25)21-17-8-14-7-15(10-17)11-18(21)9-14/h2-5,13-15,17-18,21H,6-12H2,1H3/t13-,14?,15?,17?,18?,21?/m0/s1. The molecule has 4 bridgehead atoms. The number of esters is 1. The Labute approximate surface area is 154 Å². The number of fused-ring (bicyclic) bond motifs is 1. The van der Waals surface area contributed by atoms with Crippen LogP contribution in [0.1, 0.15) is 44.6 Å². The minimum Gasteiger partial charge on any atom is -0.455 e. The van der Waals surface area contributed by atoms with Crippen LogP contribution in [0.3, 0.4) is 0 Å². The molecule has 1 aromatic rings. The molecule has 1 amide bonds. The molecule has 0 N–H and O–H groups in total. The van der Waals surface area contributed by atoms with Gasteiger partial charge < -0.3 is 9.64 Å². The fourth-order valence-electron chi connectivity index (χ4n) is 6.55. The second-order valence-electron chi connectivity index (χ2n) is 9.01. The van der Waals surface area contributed by atoms with Crippen molar-refractivity contribution in [2.24, 2.45) is 29.6 Å². The zero-order chi connectivity index (χ0) is 17.8. The summed E-state index contributed by atoms with van der Waals surface area (Å²) >= 11 is 0. The van der Waals surface area contributed by atoms with Crippen LogP contribution in [0.4, 0.5) is 5.69 Å². The van der Waals surface area contributed by atoms with E-state index in [4.69, 9.17) is 4.74 Å². The number of hydrogen-bond acceptors (Lipinski definition) is 3. The van der Waals surface area contributed by atoms with Crippen LogP contribution in [0.15, 0.2) is 24.3 Å². The first kappa shape index (κ1) is 16.3. The topological polar surface area (TPSA) is 46.6 Å². The van der Waals surface area contributed by atoms with Crippen LogP contribution in [-0.4, -0.2) is 24.5 Å². The van der Waals surface area contributed by atoms with Gasteiger partial charge in [0.1, 0.15) is 0 Å². The molecular weight excluding hydrogens is 326 g/mol. The summed E-state index contributed by atoms with van der Waals surface area (Å²) < 4.78 is 5.58. The summed E-state index contributed by atoms with van der Waals surface area (Å²) in [4.78, 5) is 27.4. The highest BCUT2D eigenvalue weighted by Gasteiger charge is 2.51. The summed E-state index contributed by atoms with van der Waals surface area (Å²) in [6, 6.07) is 8.14. The number of para-hydroxylation sites is 1. The fourth-order valence-corrected chi connectivity index (χ4v) is 6.55. The molecule has 0 saturated heterocycles. The molecule has 4 aliphatic carbocycles. The Morgan fingerprint density at radius 1 is 1.04 bits per heavy atom. The third-order valence-corrected chi connectivity index (χ3v) is 7.31. The highest BCUT2D eigenvalue weighted by Crippen LogP contribution is 2.56. The van der Waals surface area contributed by atoms with E-state index in [0.29, 0.717) is 11.8 Å². The predicted molar refractivity (Wildman–Crippen MR) is 98.6 cm³/mol. The Morgan fingerprint density at radius 2 is 1.69 bits per heavy atom. The van der Waals surface area contributed by atoms with Gasteiger partial charge in [-0.25, -0.2) is 0 Å². The lowest BCUT2D eigenvalue weighted by Gasteiger charge is -2.53. The summed E-state index contributed by atoms with van der Waals surface area (Å²) in [6.45, 7) is 1.93. The normalized spacial score (nSPS) is 36.9. The fraction of sp³-hybridized carbons (Fsp3) is 0.636. The molecule has 1 aliphatic heterocycles. The van der Waals surface area contributed by atoms with Gasteiger partial charge in [-0.1, -0.05) is 18.2 Å². The number of amides is 1. The number of anilines is 1. The van der Waals surface area contributed by atoms with Gasteiger partial charge in [-0.3, -0.25) is 9.59 Å². The van der Waals surface area contributed by atoms with Crippen LogP contribution in [0.25, 0.3) is 0 Å². The van der Waals surface area contributed by atoms with E-state index in [1.807, 2.05) is 18.2 Å². The van der Waals surface area contributed by atoms with E-state index in [1.165, 1.54) is 37.7 Å². The molecule has 4 saturated carbocycles. The molecule has 0 unspecified atom stereocenters. The number of ether oxygens (including phenoxy) is 1. The van der Waals surface area contributed by atoms with E-state index in [0.717, 1.165) is 23.9 Å². The smallest absolute Gasteiger partial charge is 0.310 e. The minimum atomic E-state index is -0.125. The highest BCUT2D eigenvalue weighted by molar-refractivity contribution is 5.97. The Bertz CT molecular complexity index is 715. The first-order valence-electron chi connectivity index (χ1n) is 10.2. The van der Waals surface area contributed by atoms with Gasteiger partial charge in [-0.15, -0.1) is 0 Å². The van der Waals surface area contributed by atoms with Crippen molar-refractivity contribution < 1.29 is 14.3 Å². The predicted octanol–water partition coefficient (Wildman–Crippen LogP) is 3.58. The minimum absolute atomic E-state index is 0.0406. The van der Waals surface area contributed by atoms with Gasteiger partial charge in [-0.05, 0) is 80.8 Å². The molecule has 1 atom stereocenters. The summed E-state index contributed by atoms with van der Waals surface area (Å²) in [5, 5.41) is 0. The lowest BCUT2D eigenvalue weighted by Crippen LogP contribution is -2.49. The van der Waals surface area contributed by atoms with Crippen LogP contribution < -0.4 is 4.90 Å². The van der Waals surface area contributed by atoms with Crippen molar-refractivity contribution in [2.45, 2.75) is 51.5 Å². The SMILES string of the molecule is C[C@H]1Cc2ccccc2N1C(=O)COC(=O)C1C2CC3CC(C2)CC1C3. The maximum absolute atomic E-state index is 12.8. The quantitative estimate of drug-likeness (QED) is 0.781. The van der Waals surface area contributed by atoms with E-state index >= 15 is 0 Å². The molecule has 4 nitrogen and oxygen atoms in total. The first-order chi connectivity index (χ1) is 12.6. The number of nitrogens with zero attached hydrogens (tertiary/aromatic N) is 1. The number of carbonyl (C=O) groups is 2. The Balaban J connectivity index is 1.24. The average Bonchev–Trinajstić information content (AvgIpc) is 2.94. The molecule has 138 valence electrons.